The Morgan fingerprint density at radius 2 is 1.86 bits per heavy atom. The van der Waals surface area contributed by atoms with Gasteiger partial charge in [-0.1, -0.05) is 41.9 Å². The number of hydrogen-bond acceptors (Lipinski definition) is 1. The fourth-order valence-corrected chi connectivity index (χ4v) is 2.23. The number of carbonyl (C=O) groups excluding carboxylic acids is 1. The van der Waals surface area contributed by atoms with Gasteiger partial charge in [-0.25, -0.2) is 4.79 Å². The molecular formula is C17H19ClN2O. The van der Waals surface area contributed by atoms with Crippen LogP contribution in [0.5, 0.6) is 0 Å². The van der Waals surface area contributed by atoms with Crippen molar-refractivity contribution in [2.45, 2.75) is 20.3 Å². The van der Waals surface area contributed by atoms with Crippen LogP contribution >= 0.6 is 11.6 Å². The summed E-state index contributed by atoms with van der Waals surface area (Å²) in [5.74, 6) is 0. The lowest BCUT2D eigenvalue weighted by Gasteiger charge is -2.09. The molecule has 0 unspecified atom stereocenters. The summed E-state index contributed by atoms with van der Waals surface area (Å²) in [5, 5.41) is 6.27. The van der Waals surface area contributed by atoms with Crippen LogP contribution in [0, 0.1) is 13.8 Å². The van der Waals surface area contributed by atoms with Gasteiger partial charge in [-0.3, -0.25) is 0 Å². The molecule has 110 valence electrons. The van der Waals surface area contributed by atoms with Gasteiger partial charge in [0.05, 0.1) is 0 Å². The molecule has 2 N–H and O–H groups in total. The molecule has 0 fully saturated rings. The Hall–Kier alpha value is -2.00. The van der Waals surface area contributed by atoms with Crippen LogP contribution in [0.25, 0.3) is 0 Å². The van der Waals surface area contributed by atoms with E-state index in [9.17, 15) is 4.79 Å². The van der Waals surface area contributed by atoms with Crippen molar-refractivity contribution in [1.29, 1.82) is 0 Å². The fourth-order valence-electron chi connectivity index (χ4n) is 2.05. The van der Waals surface area contributed by atoms with E-state index in [2.05, 4.69) is 29.7 Å². The summed E-state index contributed by atoms with van der Waals surface area (Å²) in [4.78, 5) is 11.8. The van der Waals surface area contributed by atoms with E-state index in [-0.39, 0.29) is 6.03 Å². The van der Waals surface area contributed by atoms with E-state index in [0.717, 1.165) is 12.0 Å². The van der Waals surface area contributed by atoms with Crippen molar-refractivity contribution in [3.8, 4) is 0 Å². The first kappa shape index (κ1) is 15.4. The standard InChI is InChI=1S/C17H19ClN2O/c1-12-5-3-4-6-14(12)9-10-19-17(21)20-15-8-7-13(2)16(18)11-15/h3-8,11H,9-10H2,1-2H3,(H2,19,20,21). The largest absolute Gasteiger partial charge is 0.338 e. The van der Waals surface area contributed by atoms with Crippen LogP contribution in [0.2, 0.25) is 5.02 Å². The van der Waals surface area contributed by atoms with Crippen LogP contribution in [0.3, 0.4) is 0 Å². The number of urea groups is 1. The second-order valence-electron chi connectivity index (χ2n) is 5.02. The van der Waals surface area contributed by atoms with Crippen molar-refractivity contribution >= 4 is 23.3 Å². The average Bonchev–Trinajstić information content (AvgIpc) is 2.45. The van der Waals surface area contributed by atoms with E-state index >= 15 is 0 Å². The van der Waals surface area contributed by atoms with Crippen molar-refractivity contribution in [1.82, 2.24) is 5.32 Å². The second-order valence-corrected chi connectivity index (χ2v) is 5.43. The summed E-state index contributed by atoms with van der Waals surface area (Å²) in [5.41, 5.74) is 4.17. The highest BCUT2D eigenvalue weighted by Crippen LogP contribution is 2.19. The Balaban J connectivity index is 1.82. The number of halogens is 1. The SMILES string of the molecule is Cc1ccc(NC(=O)NCCc2ccccc2C)cc1Cl. The molecule has 2 aromatic carbocycles. The van der Waals surface area contributed by atoms with Crippen LogP contribution in [0.15, 0.2) is 42.5 Å². The monoisotopic (exact) mass is 302 g/mol. The van der Waals surface area contributed by atoms with Gasteiger partial charge < -0.3 is 10.6 Å². The van der Waals surface area contributed by atoms with Crippen molar-refractivity contribution in [3.05, 3.63) is 64.2 Å². The number of hydrogen-bond donors (Lipinski definition) is 2. The molecule has 2 amide bonds. The van der Waals surface area contributed by atoms with E-state index in [1.165, 1.54) is 11.1 Å². The molecule has 0 heterocycles. The first-order valence-corrected chi connectivity index (χ1v) is 7.29. The van der Waals surface area contributed by atoms with Crippen LogP contribution in [0.4, 0.5) is 10.5 Å². The maximum atomic E-state index is 11.8. The van der Waals surface area contributed by atoms with E-state index in [1.54, 1.807) is 6.07 Å². The molecule has 2 aromatic rings. The van der Waals surface area contributed by atoms with E-state index in [0.29, 0.717) is 17.3 Å². The number of benzene rings is 2. The van der Waals surface area contributed by atoms with Gasteiger partial charge in [0.15, 0.2) is 0 Å². The van der Waals surface area contributed by atoms with E-state index in [1.807, 2.05) is 31.2 Å². The Morgan fingerprint density at radius 1 is 1.10 bits per heavy atom. The first-order valence-electron chi connectivity index (χ1n) is 6.92. The third-order valence-electron chi connectivity index (χ3n) is 3.37. The molecule has 21 heavy (non-hydrogen) atoms. The maximum Gasteiger partial charge on any atom is 0.319 e. The molecule has 0 bridgehead atoms. The normalized spacial score (nSPS) is 10.2. The minimum absolute atomic E-state index is 0.219. The predicted molar refractivity (Wildman–Crippen MR) is 88.1 cm³/mol. The fraction of sp³-hybridized carbons (Fsp3) is 0.235. The third-order valence-corrected chi connectivity index (χ3v) is 3.78. The van der Waals surface area contributed by atoms with Gasteiger partial charge in [0.2, 0.25) is 0 Å². The second kappa shape index (κ2) is 7.14. The smallest absolute Gasteiger partial charge is 0.319 e. The van der Waals surface area contributed by atoms with Gasteiger partial charge in [0.25, 0.3) is 0 Å². The third kappa shape index (κ3) is 4.50. The van der Waals surface area contributed by atoms with Crippen LogP contribution < -0.4 is 10.6 Å². The highest BCUT2D eigenvalue weighted by molar-refractivity contribution is 6.31. The molecular weight excluding hydrogens is 284 g/mol. The van der Waals surface area contributed by atoms with Crippen LogP contribution in [-0.4, -0.2) is 12.6 Å². The minimum Gasteiger partial charge on any atom is -0.338 e. The van der Waals surface area contributed by atoms with Crippen LogP contribution in [-0.2, 0) is 6.42 Å². The summed E-state index contributed by atoms with van der Waals surface area (Å²) in [6.07, 6.45) is 0.814. The molecule has 0 aromatic heterocycles. The Kier molecular flexibility index (Phi) is 5.23. The van der Waals surface area contributed by atoms with Crippen molar-refractivity contribution in [3.63, 3.8) is 0 Å². The van der Waals surface area contributed by atoms with Crippen LogP contribution in [0.1, 0.15) is 16.7 Å². The molecule has 0 spiro atoms. The topological polar surface area (TPSA) is 41.1 Å². The van der Waals surface area contributed by atoms with Crippen molar-refractivity contribution in [2.24, 2.45) is 0 Å². The molecule has 0 aliphatic carbocycles. The number of carbonyl (C=O) groups is 1. The zero-order valence-corrected chi connectivity index (χ0v) is 13.0. The van der Waals surface area contributed by atoms with E-state index in [4.69, 9.17) is 11.6 Å². The number of anilines is 1. The van der Waals surface area contributed by atoms with Gasteiger partial charge in [0, 0.05) is 17.3 Å². The highest BCUT2D eigenvalue weighted by atomic mass is 35.5. The molecule has 2 rings (SSSR count). The minimum atomic E-state index is -0.219. The van der Waals surface area contributed by atoms with Gasteiger partial charge >= 0.3 is 6.03 Å². The summed E-state index contributed by atoms with van der Waals surface area (Å²) in [6.45, 7) is 4.59. The molecule has 3 nitrogen and oxygen atoms in total. The summed E-state index contributed by atoms with van der Waals surface area (Å²) in [6, 6.07) is 13.4. The first-order chi connectivity index (χ1) is 10.1. The highest BCUT2D eigenvalue weighted by Gasteiger charge is 2.04. The Morgan fingerprint density at radius 3 is 2.57 bits per heavy atom. The Bertz CT molecular complexity index is 640. The number of aryl methyl sites for hydroxylation is 2. The predicted octanol–water partition coefficient (Wildman–Crippen LogP) is 4.32. The summed E-state index contributed by atoms with van der Waals surface area (Å²) in [7, 11) is 0. The zero-order chi connectivity index (χ0) is 15.2. The molecule has 0 radical (unpaired) electrons. The average molecular weight is 303 g/mol. The quantitative estimate of drug-likeness (QED) is 0.867. The van der Waals surface area contributed by atoms with Crippen molar-refractivity contribution in [2.75, 3.05) is 11.9 Å². The zero-order valence-electron chi connectivity index (χ0n) is 12.2. The molecule has 0 atom stereocenters. The summed E-state index contributed by atoms with van der Waals surface area (Å²) >= 11 is 6.03. The summed E-state index contributed by atoms with van der Waals surface area (Å²) < 4.78 is 0. The number of nitrogens with one attached hydrogen (secondary N) is 2. The molecule has 0 saturated carbocycles. The molecule has 0 aliphatic rings. The van der Waals surface area contributed by atoms with Gasteiger partial charge in [-0.05, 0) is 49.1 Å². The van der Waals surface area contributed by atoms with Gasteiger partial charge in [-0.2, -0.15) is 0 Å². The maximum absolute atomic E-state index is 11.8. The number of rotatable bonds is 4. The van der Waals surface area contributed by atoms with Gasteiger partial charge in [-0.15, -0.1) is 0 Å². The Labute approximate surface area is 130 Å². The molecule has 4 heteroatoms. The lowest BCUT2D eigenvalue weighted by Crippen LogP contribution is -2.30. The van der Waals surface area contributed by atoms with E-state index < -0.39 is 0 Å². The lowest BCUT2D eigenvalue weighted by atomic mass is 10.1. The molecule has 0 aliphatic heterocycles. The van der Waals surface area contributed by atoms with Crippen molar-refractivity contribution < 1.29 is 4.79 Å². The number of amides is 2. The molecule has 0 saturated heterocycles. The van der Waals surface area contributed by atoms with Gasteiger partial charge in [0.1, 0.15) is 0 Å². The lowest BCUT2D eigenvalue weighted by molar-refractivity contribution is 0.252.